The number of aromatic nitrogens is 1. The Hall–Kier alpha value is -3.07. The van der Waals surface area contributed by atoms with Gasteiger partial charge in [-0.2, -0.15) is 0 Å². The summed E-state index contributed by atoms with van der Waals surface area (Å²) in [7, 11) is 0. The van der Waals surface area contributed by atoms with Crippen molar-refractivity contribution in [2.75, 3.05) is 0 Å². The number of pyridine rings is 1. The highest BCUT2D eigenvalue weighted by Gasteiger charge is 2.32. The average Bonchev–Trinajstić information content (AvgIpc) is 2.60. The van der Waals surface area contributed by atoms with Crippen LogP contribution in [0.5, 0.6) is 0 Å². The molecular formula is C19H11NO2. The molecule has 0 saturated heterocycles. The molecule has 2 aromatic carbocycles. The summed E-state index contributed by atoms with van der Waals surface area (Å²) in [5.74, 6) is -0.950. The van der Waals surface area contributed by atoms with Gasteiger partial charge in [0.1, 0.15) is 0 Å². The minimum Gasteiger partial charge on any atom is -0.285 e. The Kier molecular flexibility index (Phi) is 2.73. The standard InChI is InChI=1S/C19H11NO2/c21-18-14-9-4-8-13(12-6-2-1-3-7-12)16(14)17-15(19(18)22)10-5-11-20-17/h1-11H. The zero-order valence-corrected chi connectivity index (χ0v) is 11.6. The summed E-state index contributed by atoms with van der Waals surface area (Å²) < 4.78 is 0. The zero-order chi connectivity index (χ0) is 15.1. The van der Waals surface area contributed by atoms with Crippen LogP contribution in [0.1, 0.15) is 20.7 Å². The van der Waals surface area contributed by atoms with Crippen molar-refractivity contribution in [1.29, 1.82) is 0 Å². The molecule has 3 nitrogen and oxygen atoms in total. The highest BCUT2D eigenvalue weighted by atomic mass is 16.2. The second-order valence-corrected chi connectivity index (χ2v) is 5.15. The zero-order valence-electron chi connectivity index (χ0n) is 11.6. The molecule has 0 N–H and O–H groups in total. The van der Waals surface area contributed by atoms with Gasteiger partial charge in [0.2, 0.25) is 11.6 Å². The van der Waals surface area contributed by atoms with Crippen molar-refractivity contribution in [2.24, 2.45) is 0 Å². The molecule has 3 aromatic rings. The number of Topliss-reactive ketones (excluding diaryl/α,β-unsaturated/α-hetero) is 2. The first kappa shape index (κ1) is 12.7. The Morgan fingerprint density at radius 3 is 2.14 bits per heavy atom. The van der Waals surface area contributed by atoms with Crippen LogP contribution in [0.15, 0.2) is 66.9 Å². The molecule has 0 radical (unpaired) electrons. The van der Waals surface area contributed by atoms with Gasteiger partial charge in [-0.1, -0.05) is 48.5 Å². The Balaban J connectivity index is 2.09. The predicted octanol–water partition coefficient (Wildman–Crippen LogP) is 3.79. The minimum absolute atomic E-state index is 0.378. The molecule has 104 valence electrons. The van der Waals surface area contributed by atoms with E-state index >= 15 is 0 Å². The molecule has 1 aliphatic carbocycles. The van der Waals surface area contributed by atoms with Crippen LogP contribution < -0.4 is 0 Å². The largest absolute Gasteiger partial charge is 0.285 e. The molecule has 0 aliphatic heterocycles. The molecule has 0 saturated carbocycles. The summed E-state index contributed by atoms with van der Waals surface area (Å²) in [6.07, 6.45) is 1.65. The first-order chi connectivity index (χ1) is 10.8. The number of hydrogen-bond acceptors (Lipinski definition) is 3. The van der Waals surface area contributed by atoms with Gasteiger partial charge in [-0.3, -0.25) is 14.6 Å². The third kappa shape index (κ3) is 1.72. The topological polar surface area (TPSA) is 47.0 Å². The summed E-state index contributed by atoms with van der Waals surface area (Å²) in [6, 6.07) is 18.6. The van der Waals surface area contributed by atoms with Crippen LogP contribution in [-0.4, -0.2) is 16.6 Å². The lowest BCUT2D eigenvalue weighted by molar-refractivity contribution is 0.0815. The smallest absolute Gasteiger partial charge is 0.235 e. The molecule has 0 unspecified atom stereocenters. The van der Waals surface area contributed by atoms with Crippen LogP contribution >= 0.6 is 0 Å². The SMILES string of the molecule is O=C1C(=O)c2cccc(-c3ccccc3)c2-c2ncccc21. The summed E-state index contributed by atoms with van der Waals surface area (Å²) in [6.45, 7) is 0. The minimum atomic E-state index is -0.485. The highest BCUT2D eigenvalue weighted by molar-refractivity contribution is 6.53. The van der Waals surface area contributed by atoms with Crippen molar-refractivity contribution in [2.45, 2.75) is 0 Å². The van der Waals surface area contributed by atoms with Crippen LogP contribution in [0.4, 0.5) is 0 Å². The number of benzene rings is 2. The van der Waals surface area contributed by atoms with Gasteiger partial charge in [-0.05, 0) is 23.3 Å². The summed E-state index contributed by atoms with van der Waals surface area (Å²) in [5, 5.41) is 0. The first-order valence-electron chi connectivity index (χ1n) is 7.00. The van der Waals surface area contributed by atoms with Gasteiger partial charge in [0, 0.05) is 17.3 Å². The molecule has 0 fully saturated rings. The van der Waals surface area contributed by atoms with E-state index < -0.39 is 11.6 Å². The van der Waals surface area contributed by atoms with E-state index in [9.17, 15) is 9.59 Å². The van der Waals surface area contributed by atoms with Crippen LogP contribution in [0.2, 0.25) is 0 Å². The maximum Gasteiger partial charge on any atom is 0.235 e. The van der Waals surface area contributed by atoms with Crippen LogP contribution in [-0.2, 0) is 0 Å². The average molecular weight is 285 g/mol. The van der Waals surface area contributed by atoms with E-state index in [0.717, 1.165) is 16.7 Å². The van der Waals surface area contributed by atoms with E-state index in [1.165, 1.54) is 0 Å². The molecule has 0 amide bonds. The summed E-state index contributed by atoms with van der Waals surface area (Å²) in [5.41, 5.74) is 4.05. The lowest BCUT2D eigenvalue weighted by atomic mass is 9.83. The van der Waals surface area contributed by atoms with Crippen molar-refractivity contribution in [1.82, 2.24) is 4.98 Å². The fraction of sp³-hybridized carbons (Fsp3) is 0. The lowest BCUT2D eigenvalue weighted by Crippen LogP contribution is -2.22. The van der Waals surface area contributed by atoms with Gasteiger partial charge in [-0.15, -0.1) is 0 Å². The molecule has 0 atom stereocenters. The van der Waals surface area contributed by atoms with E-state index in [-0.39, 0.29) is 0 Å². The Bertz CT molecular complexity index is 914. The third-order valence-electron chi connectivity index (χ3n) is 3.89. The number of nitrogens with zero attached hydrogens (tertiary/aromatic N) is 1. The molecule has 3 heteroatoms. The monoisotopic (exact) mass is 285 g/mol. The fourth-order valence-corrected chi connectivity index (χ4v) is 2.89. The van der Waals surface area contributed by atoms with Crippen molar-refractivity contribution < 1.29 is 9.59 Å². The maximum atomic E-state index is 12.4. The Morgan fingerprint density at radius 2 is 1.32 bits per heavy atom. The molecule has 22 heavy (non-hydrogen) atoms. The molecule has 0 bridgehead atoms. The number of carbonyl (C=O) groups excluding carboxylic acids is 2. The van der Waals surface area contributed by atoms with Crippen LogP contribution in [0.25, 0.3) is 22.4 Å². The molecule has 0 spiro atoms. The second-order valence-electron chi connectivity index (χ2n) is 5.15. The van der Waals surface area contributed by atoms with Gasteiger partial charge in [0.05, 0.1) is 11.3 Å². The van der Waals surface area contributed by atoms with Crippen molar-refractivity contribution >= 4 is 11.6 Å². The Morgan fingerprint density at radius 1 is 0.636 bits per heavy atom. The number of fused-ring (bicyclic) bond motifs is 3. The van der Waals surface area contributed by atoms with Crippen molar-refractivity contribution in [3.8, 4) is 22.4 Å². The first-order valence-corrected chi connectivity index (χ1v) is 7.00. The second kappa shape index (κ2) is 4.74. The number of rotatable bonds is 1. The van der Waals surface area contributed by atoms with Gasteiger partial charge in [0.15, 0.2) is 0 Å². The maximum absolute atomic E-state index is 12.4. The third-order valence-corrected chi connectivity index (χ3v) is 3.89. The fourth-order valence-electron chi connectivity index (χ4n) is 2.89. The van der Waals surface area contributed by atoms with Crippen molar-refractivity contribution in [3.63, 3.8) is 0 Å². The van der Waals surface area contributed by atoms with Gasteiger partial charge in [0.25, 0.3) is 0 Å². The summed E-state index contributed by atoms with van der Waals surface area (Å²) >= 11 is 0. The van der Waals surface area contributed by atoms with E-state index in [4.69, 9.17) is 0 Å². The molecular weight excluding hydrogens is 274 g/mol. The van der Waals surface area contributed by atoms with E-state index in [0.29, 0.717) is 16.8 Å². The predicted molar refractivity (Wildman–Crippen MR) is 83.8 cm³/mol. The summed E-state index contributed by atoms with van der Waals surface area (Å²) in [4.78, 5) is 29.0. The number of ketones is 2. The molecule has 1 aromatic heterocycles. The quantitative estimate of drug-likeness (QED) is 0.639. The normalized spacial score (nSPS) is 12.7. The lowest BCUT2D eigenvalue weighted by Gasteiger charge is -2.20. The highest BCUT2D eigenvalue weighted by Crippen LogP contribution is 2.39. The van der Waals surface area contributed by atoms with E-state index in [1.807, 2.05) is 36.4 Å². The molecule has 4 rings (SSSR count). The van der Waals surface area contributed by atoms with E-state index in [2.05, 4.69) is 4.98 Å². The van der Waals surface area contributed by atoms with Crippen LogP contribution in [0.3, 0.4) is 0 Å². The van der Waals surface area contributed by atoms with Gasteiger partial charge >= 0.3 is 0 Å². The number of hydrogen-bond donors (Lipinski definition) is 0. The van der Waals surface area contributed by atoms with Crippen molar-refractivity contribution in [3.05, 3.63) is 78.0 Å². The number of carbonyl (C=O) groups is 2. The molecule has 1 aliphatic rings. The van der Waals surface area contributed by atoms with Gasteiger partial charge < -0.3 is 0 Å². The van der Waals surface area contributed by atoms with Crippen LogP contribution in [0, 0.1) is 0 Å². The Labute approximate surface area is 127 Å². The van der Waals surface area contributed by atoms with E-state index in [1.54, 1.807) is 30.5 Å². The van der Waals surface area contributed by atoms with Gasteiger partial charge in [-0.25, -0.2) is 0 Å². The molecule has 1 heterocycles.